The number of ether oxygens (including phenoxy) is 1. The van der Waals surface area contributed by atoms with Crippen LogP contribution in [0, 0.1) is 0 Å². The average molecular weight is 186 g/mol. The third-order valence-corrected chi connectivity index (χ3v) is 1.37. The molecular formula is C8H8ClNO2. The summed E-state index contributed by atoms with van der Waals surface area (Å²) in [5.74, 6) is 0.784. The standard InChI is InChI=1S/C8H8ClNO2/c1-6(5-11)12-8-3-2-7(9)4-10-8/h2-5,11H,1H3. The Balaban J connectivity index is 2.71. The highest BCUT2D eigenvalue weighted by molar-refractivity contribution is 6.30. The molecule has 0 aliphatic carbocycles. The molecule has 1 N–H and O–H groups in total. The van der Waals surface area contributed by atoms with Crippen LogP contribution in [0.15, 0.2) is 30.4 Å². The van der Waals surface area contributed by atoms with E-state index in [-0.39, 0.29) is 0 Å². The number of halogens is 1. The van der Waals surface area contributed by atoms with Crippen LogP contribution >= 0.6 is 11.6 Å². The Bertz CT molecular complexity index is 282. The van der Waals surface area contributed by atoms with Crippen molar-refractivity contribution in [3.8, 4) is 5.88 Å². The Kier molecular flexibility index (Phi) is 2.94. The lowest BCUT2D eigenvalue weighted by molar-refractivity contribution is 0.366. The first-order chi connectivity index (χ1) is 5.72. The largest absolute Gasteiger partial charge is 0.512 e. The molecule has 3 nitrogen and oxygen atoms in total. The SMILES string of the molecule is CC(=CO)Oc1ccc(Cl)cn1. The van der Waals surface area contributed by atoms with Crippen LogP contribution in [0.1, 0.15) is 6.92 Å². The van der Waals surface area contributed by atoms with Crippen molar-refractivity contribution in [3.05, 3.63) is 35.4 Å². The molecule has 1 rings (SSSR count). The van der Waals surface area contributed by atoms with Crippen LogP contribution in [0.3, 0.4) is 0 Å². The molecule has 12 heavy (non-hydrogen) atoms. The molecule has 1 heterocycles. The molecule has 1 aromatic heterocycles. The lowest BCUT2D eigenvalue weighted by Gasteiger charge is -2.01. The number of pyridine rings is 1. The molecule has 0 bridgehead atoms. The predicted octanol–water partition coefficient (Wildman–Crippen LogP) is 2.53. The first-order valence-electron chi connectivity index (χ1n) is 3.33. The molecule has 4 heteroatoms. The van der Waals surface area contributed by atoms with Gasteiger partial charge >= 0.3 is 0 Å². The summed E-state index contributed by atoms with van der Waals surface area (Å²) in [5, 5.41) is 9.06. The third kappa shape index (κ3) is 2.43. The van der Waals surface area contributed by atoms with E-state index in [2.05, 4.69) is 4.98 Å². The molecule has 0 saturated carbocycles. The minimum absolute atomic E-state index is 0.379. The van der Waals surface area contributed by atoms with E-state index in [1.165, 1.54) is 6.20 Å². The zero-order valence-electron chi connectivity index (χ0n) is 6.49. The van der Waals surface area contributed by atoms with E-state index in [4.69, 9.17) is 21.4 Å². The van der Waals surface area contributed by atoms with Crippen molar-refractivity contribution in [3.63, 3.8) is 0 Å². The van der Waals surface area contributed by atoms with Crippen molar-refractivity contribution >= 4 is 11.6 Å². The zero-order valence-corrected chi connectivity index (χ0v) is 7.25. The van der Waals surface area contributed by atoms with Gasteiger partial charge in [-0.3, -0.25) is 0 Å². The van der Waals surface area contributed by atoms with Gasteiger partial charge in [0.15, 0.2) is 0 Å². The van der Waals surface area contributed by atoms with Gasteiger partial charge in [0, 0.05) is 12.3 Å². The van der Waals surface area contributed by atoms with Gasteiger partial charge in [-0.25, -0.2) is 4.98 Å². The fourth-order valence-electron chi connectivity index (χ4n) is 0.614. The number of hydrogen-bond donors (Lipinski definition) is 1. The summed E-state index contributed by atoms with van der Waals surface area (Å²) in [6, 6.07) is 3.28. The van der Waals surface area contributed by atoms with Gasteiger partial charge in [-0.15, -0.1) is 0 Å². The maximum Gasteiger partial charge on any atom is 0.218 e. The average Bonchev–Trinajstić information content (AvgIpc) is 2.09. The molecule has 64 valence electrons. The van der Waals surface area contributed by atoms with Gasteiger partial charge in [0.1, 0.15) is 12.0 Å². The van der Waals surface area contributed by atoms with E-state index < -0.39 is 0 Å². The van der Waals surface area contributed by atoms with Crippen LogP contribution in [0.5, 0.6) is 5.88 Å². The zero-order chi connectivity index (χ0) is 8.97. The molecule has 0 aliphatic heterocycles. The van der Waals surface area contributed by atoms with E-state index in [1.54, 1.807) is 19.1 Å². The fourth-order valence-corrected chi connectivity index (χ4v) is 0.726. The Morgan fingerprint density at radius 3 is 2.92 bits per heavy atom. The number of aliphatic hydroxyl groups is 1. The molecular weight excluding hydrogens is 178 g/mol. The van der Waals surface area contributed by atoms with Crippen LogP contribution in [0.4, 0.5) is 0 Å². The minimum atomic E-state index is 0.379. The summed E-state index contributed by atoms with van der Waals surface area (Å²) < 4.78 is 5.06. The van der Waals surface area contributed by atoms with Gasteiger partial charge in [0.25, 0.3) is 0 Å². The van der Waals surface area contributed by atoms with Crippen molar-refractivity contribution in [1.82, 2.24) is 4.98 Å². The highest BCUT2D eigenvalue weighted by atomic mass is 35.5. The maximum absolute atomic E-state index is 8.51. The lowest BCUT2D eigenvalue weighted by Crippen LogP contribution is -1.92. The number of allylic oxidation sites excluding steroid dienone is 1. The van der Waals surface area contributed by atoms with E-state index in [1.807, 2.05) is 0 Å². The highest BCUT2D eigenvalue weighted by Crippen LogP contribution is 2.13. The van der Waals surface area contributed by atoms with E-state index in [0.717, 1.165) is 6.26 Å². The second kappa shape index (κ2) is 3.97. The molecule has 0 aliphatic rings. The van der Waals surface area contributed by atoms with Crippen LogP contribution < -0.4 is 4.74 Å². The van der Waals surface area contributed by atoms with Gasteiger partial charge in [-0.2, -0.15) is 0 Å². The molecule has 0 fully saturated rings. The molecule has 0 radical (unpaired) electrons. The summed E-state index contributed by atoms with van der Waals surface area (Å²) in [5.41, 5.74) is 0. The highest BCUT2D eigenvalue weighted by Gasteiger charge is 1.95. The van der Waals surface area contributed by atoms with Gasteiger partial charge < -0.3 is 9.84 Å². The maximum atomic E-state index is 8.51. The minimum Gasteiger partial charge on any atom is -0.512 e. The number of hydrogen-bond acceptors (Lipinski definition) is 3. The van der Waals surface area contributed by atoms with E-state index in [9.17, 15) is 0 Å². The van der Waals surface area contributed by atoms with E-state index >= 15 is 0 Å². The Morgan fingerprint density at radius 2 is 2.42 bits per heavy atom. The van der Waals surface area contributed by atoms with Crippen LogP contribution in [0.25, 0.3) is 0 Å². The molecule has 0 atom stereocenters. The monoisotopic (exact) mass is 185 g/mol. The van der Waals surface area contributed by atoms with Crippen molar-refractivity contribution in [2.75, 3.05) is 0 Å². The Hall–Kier alpha value is -1.22. The summed E-state index contributed by atoms with van der Waals surface area (Å²) in [6.07, 6.45) is 2.35. The molecule has 0 spiro atoms. The molecule has 0 saturated heterocycles. The van der Waals surface area contributed by atoms with Crippen molar-refractivity contribution in [2.24, 2.45) is 0 Å². The summed E-state index contributed by atoms with van der Waals surface area (Å²) in [7, 11) is 0. The Morgan fingerprint density at radius 1 is 1.67 bits per heavy atom. The smallest absolute Gasteiger partial charge is 0.218 e. The van der Waals surface area contributed by atoms with Gasteiger partial charge in [0.05, 0.1) is 5.02 Å². The van der Waals surface area contributed by atoms with Crippen LogP contribution in [-0.4, -0.2) is 10.1 Å². The first kappa shape index (κ1) is 8.87. The molecule has 0 unspecified atom stereocenters. The van der Waals surface area contributed by atoms with Crippen molar-refractivity contribution < 1.29 is 9.84 Å². The van der Waals surface area contributed by atoms with Gasteiger partial charge in [-0.1, -0.05) is 11.6 Å². The lowest BCUT2D eigenvalue weighted by atomic mass is 10.5. The molecule has 0 aromatic carbocycles. The number of aromatic nitrogens is 1. The van der Waals surface area contributed by atoms with Crippen molar-refractivity contribution in [2.45, 2.75) is 6.92 Å². The fraction of sp³-hybridized carbons (Fsp3) is 0.125. The Labute approximate surface area is 75.3 Å². The van der Waals surface area contributed by atoms with Crippen molar-refractivity contribution in [1.29, 1.82) is 0 Å². The van der Waals surface area contributed by atoms with Crippen LogP contribution in [0.2, 0.25) is 5.02 Å². The van der Waals surface area contributed by atoms with Gasteiger partial charge in [0.2, 0.25) is 5.88 Å². The normalized spacial score (nSPS) is 11.3. The third-order valence-electron chi connectivity index (χ3n) is 1.15. The molecule has 1 aromatic rings. The van der Waals surface area contributed by atoms with Crippen LogP contribution in [-0.2, 0) is 0 Å². The van der Waals surface area contributed by atoms with Gasteiger partial charge in [-0.05, 0) is 13.0 Å². The summed E-state index contributed by atoms with van der Waals surface area (Å²) >= 11 is 5.60. The second-order valence-electron chi connectivity index (χ2n) is 2.16. The first-order valence-corrected chi connectivity index (χ1v) is 3.70. The topological polar surface area (TPSA) is 42.4 Å². The number of nitrogens with zero attached hydrogens (tertiary/aromatic N) is 1. The summed E-state index contributed by atoms with van der Waals surface area (Å²) in [6.45, 7) is 1.62. The number of rotatable bonds is 2. The van der Waals surface area contributed by atoms with E-state index in [0.29, 0.717) is 16.7 Å². The summed E-state index contributed by atoms with van der Waals surface area (Å²) in [4.78, 5) is 3.86. The second-order valence-corrected chi connectivity index (χ2v) is 2.59. The molecule has 0 amide bonds. The predicted molar refractivity (Wildman–Crippen MR) is 46.3 cm³/mol. The quantitative estimate of drug-likeness (QED) is 0.720. The number of aliphatic hydroxyl groups excluding tert-OH is 1.